The molecule has 4 rings (SSSR count). The molecule has 0 bridgehead atoms. The van der Waals surface area contributed by atoms with Crippen molar-refractivity contribution in [3.8, 4) is 0 Å². The van der Waals surface area contributed by atoms with E-state index in [0.717, 1.165) is 44.9 Å². The van der Waals surface area contributed by atoms with Gasteiger partial charge in [-0.1, -0.05) is 25.5 Å². The van der Waals surface area contributed by atoms with E-state index in [-0.39, 0.29) is 22.9 Å². The normalized spacial score (nSPS) is 58.9. The van der Waals surface area contributed by atoms with E-state index in [2.05, 4.69) is 19.9 Å². The Bertz CT molecular complexity index is 539. The van der Waals surface area contributed by atoms with Crippen LogP contribution < -0.4 is 0 Å². The summed E-state index contributed by atoms with van der Waals surface area (Å²) in [5.74, 6) is 1.18. The highest BCUT2D eigenvalue weighted by Crippen LogP contribution is 2.66. The molecule has 0 spiro atoms. The monoisotopic (exact) mass is 320 g/mol. The molecule has 0 aliphatic heterocycles. The zero-order valence-corrected chi connectivity index (χ0v) is 14.8. The molecular weight excluding hydrogens is 288 g/mol. The van der Waals surface area contributed by atoms with Gasteiger partial charge in [0.2, 0.25) is 0 Å². The highest BCUT2D eigenvalue weighted by Gasteiger charge is 2.63. The Hall–Kier alpha value is -0.380. The van der Waals surface area contributed by atoms with E-state index < -0.39 is 11.7 Å². The lowest BCUT2D eigenvalue weighted by molar-refractivity contribution is -0.136. The molecule has 3 unspecified atom stereocenters. The molecule has 130 valence electrons. The number of hydrogen-bond acceptors (Lipinski definition) is 3. The molecule has 0 saturated heterocycles. The van der Waals surface area contributed by atoms with Crippen molar-refractivity contribution >= 4 is 0 Å². The van der Waals surface area contributed by atoms with Gasteiger partial charge in [0.25, 0.3) is 0 Å². The summed E-state index contributed by atoms with van der Waals surface area (Å²) in [7, 11) is 0. The number of aliphatic hydroxyl groups excluding tert-OH is 2. The van der Waals surface area contributed by atoms with Gasteiger partial charge in [-0.3, -0.25) is 0 Å². The summed E-state index contributed by atoms with van der Waals surface area (Å²) in [6, 6.07) is 0. The third-order valence-electron chi connectivity index (χ3n) is 8.67. The highest BCUT2D eigenvalue weighted by atomic mass is 16.3. The highest BCUT2D eigenvalue weighted by molar-refractivity contribution is 5.28. The van der Waals surface area contributed by atoms with Crippen molar-refractivity contribution < 1.29 is 15.3 Å². The first-order valence-electron chi connectivity index (χ1n) is 9.49. The first-order valence-corrected chi connectivity index (χ1v) is 9.49. The van der Waals surface area contributed by atoms with Crippen molar-refractivity contribution in [3.63, 3.8) is 0 Å². The fourth-order valence-corrected chi connectivity index (χ4v) is 6.87. The van der Waals surface area contributed by atoms with Crippen molar-refractivity contribution in [2.75, 3.05) is 0 Å². The van der Waals surface area contributed by atoms with E-state index in [1.165, 1.54) is 5.57 Å². The Morgan fingerprint density at radius 3 is 2.39 bits per heavy atom. The second-order valence-electron chi connectivity index (χ2n) is 9.56. The van der Waals surface area contributed by atoms with Crippen LogP contribution in [0.3, 0.4) is 0 Å². The van der Waals surface area contributed by atoms with Crippen LogP contribution in [0.25, 0.3) is 0 Å². The predicted octanol–water partition coefficient (Wildman–Crippen LogP) is 3.03. The second kappa shape index (κ2) is 4.83. The van der Waals surface area contributed by atoms with Crippen molar-refractivity contribution in [1.29, 1.82) is 0 Å². The molecule has 0 heterocycles. The lowest BCUT2D eigenvalue weighted by atomic mass is 9.46. The van der Waals surface area contributed by atoms with Crippen LogP contribution in [0.15, 0.2) is 11.6 Å². The molecule has 3 N–H and O–H groups in total. The SMILES string of the molecule is C[C@]12CC[C@H](O)CC1=C[C@H](O)C1C2CC[C@@]2(C)C1CC[C@]2(C)O. The number of rotatable bonds is 0. The molecule has 3 fully saturated rings. The molecule has 3 nitrogen and oxygen atoms in total. The minimum atomic E-state index is -0.601. The number of aliphatic hydroxyl groups is 3. The van der Waals surface area contributed by atoms with Crippen molar-refractivity contribution in [1.82, 2.24) is 0 Å². The van der Waals surface area contributed by atoms with Crippen LogP contribution in [0.2, 0.25) is 0 Å². The zero-order chi connectivity index (χ0) is 16.6. The second-order valence-corrected chi connectivity index (χ2v) is 9.56. The van der Waals surface area contributed by atoms with Gasteiger partial charge in [0.05, 0.1) is 17.8 Å². The summed E-state index contributed by atoms with van der Waals surface area (Å²) in [5.41, 5.74) is 0.762. The molecule has 4 aliphatic rings. The third-order valence-corrected chi connectivity index (χ3v) is 8.67. The van der Waals surface area contributed by atoms with E-state index in [9.17, 15) is 15.3 Å². The maximum Gasteiger partial charge on any atom is 0.0757 e. The largest absolute Gasteiger partial charge is 0.393 e. The molecule has 8 atom stereocenters. The lowest BCUT2D eigenvalue weighted by Gasteiger charge is -2.59. The van der Waals surface area contributed by atoms with Crippen LogP contribution >= 0.6 is 0 Å². The summed E-state index contributed by atoms with van der Waals surface area (Å²) in [5, 5.41) is 31.9. The van der Waals surface area contributed by atoms with Crippen LogP contribution in [0, 0.1) is 28.6 Å². The Balaban J connectivity index is 1.74. The molecule has 0 aromatic carbocycles. The van der Waals surface area contributed by atoms with Gasteiger partial charge in [-0.25, -0.2) is 0 Å². The molecule has 23 heavy (non-hydrogen) atoms. The topological polar surface area (TPSA) is 60.7 Å². The van der Waals surface area contributed by atoms with Crippen LogP contribution in [0.1, 0.15) is 65.7 Å². The minimum absolute atomic E-state index is 0.0645. The van der Waals surface area contributed by atoms with Gasteiger partial charge in [0, 0.05) is 0 Å². The van der Waals surface area contributed by atoms with Crippen LogP contribution in [0.5, 0.6) is 0 Å². The Labute approximate surface area is 139 Å². The van der Waals surface area contributed by atoms with E-state index in [1.807, 2.05) is 6.92 Å². The van der Waals surface area contributed by atoms with Gasteiger partial charge in [0.1, 0.15) is 0 Å². The van der Waals surface area contributed by atoms with E-state index in [1.54, 1.807) is 0 Å². The van der Waals surface area contributed by atoms with Gasteiger partial charge in [-0.05, 0) is 80.5 Å². The summed E-state index contributed by atoms with van der Waals surface area (Å²) in [4.78, 5) is 0. The quantitative estimate of drug-likeness (QED) is 0.601. The molecule has 3 heteroatoms. The summed E-state index contributed by atoms with van der Waals surface area (Å²) in [6.45, 7) is 6.62. The maximum atomic E-state index is 10.9. The predicted molar refractivity (Wildman–Crippen MR) is 89.7 cm³/mol. The van der Waals surface area contributed by atoms with Gasteiger partial charge < -0.3 is 15.3 Å². The maximum absolute atomic E-state index is 10.9. The van der Waals surface area contributed by atoms with Crippen molar-refractivity contribution in [3.05, 3.63) is 11.6 Å². The number of hydrogen-bond donors (Lipinski definition) is 3. The zero-order valence-electron chi connectivity index (χ0n) is 14.8. The molecule has 0 aromatic rings. The number of fused-ring (bicyclic) bond motifs is 5. The van der Waals surface area contributed by atoms with Crippen LogP contribution in [-0.2, 0) is 0 Å². The molecule has 0 amide bonds. The van der Waals surface area contributed by atoms with E-state index in [0.29, 0.717) is 11.8 Å². The standard InChI is InChI=1S/C20H32O3/c1-18-7-4-13(21)10-12(18)11-16(22)17-14(18)5-8-19(2)15(17)6-9-20(19,3)23/h11,13-17,21-23H,4-10H2,1-3H3/t13-,14?,15?,16-,17?,18-,19-,20-/m0/s1. The third kappa shape index (κ3) is 1.99. The van der Waals surface area contributed by atoms with E-state index in [4.69, 9.17) is 0 Å². The average molecular weight is 320 g/mol. The molecule has 0 radical (unpaired) electrons. The Morgan fingerprint density at radius 1 is 0.957 bits per heavy atom. The molecule has 4 aliphatic carbocycles. The summed E-state index contributed by atoms with van der Waals surface area (Å²) >= 11 is 0. The smallest absolute Gasteiger partial charge is 0.0757 e. The van der Waals surface area contributed by atoms with Crippen LogP contribution in [0.4, 0.5) is 0 Å². The summed E-state index contributed by atoms with van der Waals surface area (Å²) < 4.78 is 0. The van der Waals surface area contributed by atoms with Crippen molar-refractivity contribution in [2.45, 2.75) is 83.5 Å². The molecular formula is C20H32O3. The van der Waals surface area contributed by atoms with E-state index >= 15 is 0 Å². The Kier molecular flexibility index (Phi) is 3.38. The fourth-order valence-electron chi connectivity index (χ4n) is 6.87. The van der Waals surface area contributed by atoms with Gasteiger partial charge >= 0.3 is 0 Å². The van der Waals surface area contributed by atoms with Gasteiger partial charge in [-0.2, -0.15) is 0 Å². The molecule has 0 aromatic heterocycles. The van der Waals surface area contributed by atoms with Crippen molar-refractivity contribution in [2.24, 2.45) is 28.6 Å². The first kappa shape index (κ1) is 16.1. The van der Waals surface area contributed by atoms with Gasteiger partial charge in [0.15, 0.2) is 0 Å². The first-order chi connectivity index (χ1) is 10.7. The summed E-state index contributed by atoms with van der Waals surface area (Å²) in [6.07, 6.45) is 8.11. The Morgan fingerprint density at radius 2 is 1.65 bits per heavy atom. The van der Waals surface area contributed by atoms with Gasteiger partial charge in [-0.15, -0.1) is 0 Å². The average Bonchev–Trinajstić information content (AvgIpc) is 2.72. The van der Waals surface area contributed by atoms with Crippen LogP contribution in [-0.4, -0.2) is 33.1 Å². The lowest BCUT2D eigenvalue weighted by Crippen LogP contribution is -2.57. The molecule has 3 saturated carbocycles. The fraction of sp³-hybridized carbons (Fsp3) is 0.900. The minimum Gasteiger partial charge on any atom is -0.393 e.